The summed E-state index contributed by atoms with van der Waals surface area (Å²) in [5.74, 6) is 0. The van der Waals surface area contributed by atoms with Gasteiger partial charge in [-0.15, -0.1) is 11.3 Å². The number of rotatable bonds is 1. The number of hydrogen-bond donors (Lipinski definition) is 0. The molecule has 0 bridgehead atoms. The van der Waals surface area contributed by atoms with Gasteiger partial charge >= 0.3 is 0 Å². The fourth-order valence-electron chi connectivity index (χ4n) is 0.804. The highest BCUT2D eigenvalue weighted by Gasteiger charge is 2.01. The van der Waals surface area contributed by atoms with E-state index in [9.17, 15) is 0 Å². The van der Waals surface area contributed by atoms with Crippen molar-refractivity contribution in [2.24, 2.45) is 0 Å². The standard InChI is InChI=1S/C7H4ClN3S/c8-6-4-12-7(11-6)5-1-2-9-10-3-5/h1-4H. The van der Waals surface area contributed by atoms with Gasteiger partial charge in [-0.25, -0.2) is 4.98 Å². The second kappa shape index (κ2) is 3.16. The minimum atomic E-state index is 0.520. The van der Waals surface area contributed by atoms with Gasteiger partial charge in [-0.05, 0) is 6.07 Å². The van der Waals surface area contributed by atoms with E-state index in [1.165, 1.54) is 11.3 Å². The number of halogens is 1. The number of hydrogen-bond acceptors (Lipinski definition) is 4. The molecule has 2 aromatic heterocycles. The average molecular weight is 198 g/mol. The number of thiazole rings is 1. The molecule has 0 spiro atoms. The van der Waals surface area contributed by atoms with Crippen molar-refractivity contribution in [1.29, 1.82) is 0 Å². The van der Waals surface area contributed by atoms with Crippen LogP contribution in [0.1, 0.15) is 0 Å². The summed E-state index contributed by atoms with van der Waals surface area (Å²) in [5, 5.41) is 10.6. The molecule has 60 valence electrons. The number of aromatic nitrogens is 3. The van der Waals surface area contributed by atoms with Gasteiger partial charge < -0.3 is 0 Å². The Labute approximate surface area is 78.1 Å². The summed E-state index contributed by atoms with van der Waals surface area (Å²) in [6.07, 6.45) is 3.29. The highest BCUT2D eigenvalue weighted by Crippen LogP contribution is 2.24. The normalized spacial score (nSPS) is 10.1. The van der Waals surface area contributed by atoms with E-state index >= 15 is 0 Å². The van der Waals surface area contributed by atoms with E-state index in [1.807, 2.05) is 6.07 Å². The van der Waals surface area contributed by atoms with Crippen molar-refractivity contribution < 1.29 is 0 Å². The zero-order chi connectivity index (χ0) is 8.39. The summed E-state index contributed by atoms with van der Waals surface area (Å²) in [6.45, 7) is 0. The van der Waals surface area contributed by atoms with Crippen molar-refractivity contribution in [2.75, 3.05) is 0 Å². The van der Waals surface area contributed by atoms with Gasteiger partial charge in [0, 0.05) is 10.9 Å². The lowest BCUT2D eigenvalue weighted by Crippen LogP contribution is -1.80. The van der Waals surface area contributed by atoms with Gasteiger partial charge in [-0.1, -0.05) is 11.6 Å². The smallest absolute Gasteiger partial charge is 0.140 e. The molecule has 0 aliphatic heterocycles. The van der Waals surface area contributed by atoms with Crippen LogP contribution in [-0.2, 0) is 0 Å². The fourth-order valence-corrected chi connectivity index (χ4v) is 1.74. The van der Waals surface area contributed by atoms with E-state index < -0.39 is 0 Å². The van der Waals surface area contributed by atoms with Crippen LogP contribution in [0.2, 0.25) is 5.15 Å². The van der Waals surface area contributed by atoms with Crippen molar-refractivity contribution in [2.45, 2.75) is 0 Å². The number of nitrogens with zero attached hydrogens (tertiary/aromatic N) is 3. The van der Waals surface area contributed by atoms with Crippen LogP contribution in [0, 0.1) is 0 Å². The van der Waals surface area contributed by atoms with Crippen LogP contribution in [0.25, 0.3) is 10.6 Å². The molecule has 2 heterocycles. The quantitative estimate of drug-likeness (QED) is 0.704. The van der Waals surface area contributed by atoms with E-state index in [0.29, 0.717) is 5.15 Å². The predicted octanol–water partition coefficient (Wildman–Crippen LogP) is 2.25. The molecule has 0 saturated carbocycles. The Hall–Kier alpha value is -1.00. The van der Waals surface area contributed by atoms with Gasteiger partial charge in [0.15, 0.2) is 0 Å². The van der Waals surface area contributed by atoms with Crippen molar-refractivity contribution in [1.82, 2.24) is 15.2 Å². The van der Waals surface area contributed by atoms with Crippen LogP contribution in [0.5, 0.6) is 0 Å². The molecule has 0 atom stereocenters. The van der Waals surface area contributed by atoms with Crippen LogP contribution in [-0.4, -0.2) is 15.2 Å². The molecule has 0 radical (unpaired) electrons. The van der Waals surface area contributed by atoms with E-state index in [0.717, 1.165) is 10.6 Å². The van der Waals surface area contributed by atoms with E-state index in [4.69, 9.17) is 11.6 Å². The van der Waals surface area contributed by atoms with Crippen LogP contribution in [0.3, 0.4) is 0 Å². The van der Waals surface area contributed by atoms with Crippen LogP contribution < -0.4 is 0 Å². The van der Waals surface area contributed by atoms with Crippen molar-refractivity contribution in [3.05, 3.63) is 29.0 Å². The van der Waals surface area contributed by atoms with E-state index in [1.54, 1.807) is 17.8 Å². The Kier molecular flexibility index (Phi) is 2.01. The van der Waals surface area contributed by atoms with Crippen molar-refractivity contribution in [3.63, 3.8) is 0 Å². The van der Waals surface area contributed by atoms with Gasteiger partial charge in [0.1, 0.15) is 10.2 Å². The first kappa shape index (κ1) is 7.64. The van der Waals surface area contributed by atoms with Gasteiger partial charge in [-0.3, -0.25) is 0 Å². The maximum Gasteiger partial charge on any atom is 0.140 e. The molecular weight excluding hydrogens is 194 g/mol. The molecule has 0 aliphatic carbocycles. The average Bonchev–Trinajstić information content (AvgIpc) is 2.54. The van der Waals surface area contributed by atoms with Gasteiger partial charge in [0.05, 0.1) is 12.4 Å². The maximum atomic E-state index is 5.67. The first-order chi connectivity index (χ1) is 5.86. The van der Waals surface area contributed by atoms with Gasteiger partial charge in [0.2, 0.25) is 0 Å². The summed E-state index contributed by atoms with van der Waals surface area (Å²) < 4.78 is 0. The van der Waals surface area contributed by atoms with Crippen LogP contribution >= 0.6 is 22.9 Å². The lowest BCUT2D eigenvalue weighted by molar-refractivity contribution is 1.03. The lowest BCUT2D eigenvalue weighted by atomic mass is 10.3. The van der Waals surface area contributed by atoms with Crippen molar-refractivity contribution in [3.8, 4) is 10.6 Å². The molecule has 0 saturated heterocycles. The molecule has 5 heteroatoms. The lowest BCUT2D eigenvalue weighted by Gasteiger charge is -1.90. The molecule has 0 fully saturated rings. The highest BCUT2D eigenvalue weighted by molar-refractivity contribution is 7.13. The molecular formula is C7H4ClN3S. The molecule has 0 aromatic carbocycles. The summed E-state index contributed by atoms with van der Waals surface area (Å²) in [4.78, 5) is 4.10. The van der Waals surface area contributed by atoms with E-state index in [-0.39, 0.29) is 0 Å². The predicted molar refractivity (Wildman–Crippen MR) is 48.2 cm³/mol. The Morgan fingerprint density at radius 3 is 2.83 bits per heavy atom. The second-order valence-corrected chi connectivity index (χ2v) is 3.35. The zero-order valence-electron chi connectivity index (χ0n) is 5.94. The summed E-state index contributed by atoms with van der Waals surface area (Å²) >= 11 is 7.17. The van der Waals surface area contributed by atoms with E-state index in [2.05, 4.69) is 15.2 Å². The summed E-state index contributed by atoms with van der Waals surface area (Å²) in [6, 6.07) is 1.85. The summed E-state index contributed by atoms with van der Waals surface area (Å²) in [7, 11) is 0. The Morgan fingerprint density at radius 1 is 1.33 bits per heavy atom. The highest BCUT2D eigenvalue weighted by atomic mass is 35.5. The maximum absolute atomic E-state index is 5.67. The third-order valence-electron chi connectivity index (χ3n) is 1.31. The Balaban J connectivity index is 2.45. The third-order valence-corrected chi connectivity index (χ3v) is 2.52. The Morgan fingerprint density at radius 2 is 2.25 bits per heavy atom. The first-order valence-electron chi connectivity index (χ1n) is 3.24. The Bertz CT molecular complexity index is 373. The second-order valence-electron chi connectivity index (χ2n) is 2.11. The van der Waals surface area contributed by atoms with Crippen LogP contribution in [0.4, 0.5) is 0 Å². The molecule has 0 amide bonds. The minimum absolute atomic E-state index is 0.520. The fraction of sp³-hybridized carbons (Fsp3) is 0. The third kappa shape index (κ3) is 1.44. The molecule has 2 aromatic rings. The molecule has 0 N–H and O–H groups in total. The van der Waals surface area contributed by atoms with Crippen LogP contribution in [0.15, 0.2) is 23.8 Å². The van der Waals surface area contributed by atoms with Gasteiger partial charge in [-0.2, -0.15) is 10.2 Å². The first-order valence-corrected chi connectivity index (χ1v) is 4.50. The summed E-state index contributed by atoms with van der Waals surface area (Å²) in [5.41, 5.74) is 0.946. The zero-order valence-corrected chi connectivity index (χ0v) is 7.51. The largest absolute Gasteiger partial charge is 0.224 e. The molecule has 3 nitrogen and oxygen atoms in total. The molecule has 12 heavy (non-hydrogen) atoms. The van der Waals surface area contributed by atoms with Gasteiger partial charge in [0.25, 0.3) is 0 Å². The topological polar surface area (TPSA) is 38.7 Å². The molecule has 0 aliphatic rings. The molecule has 0 unspecified atom stereocenters. The minimum Gasteiger partial charge on any atom is -0.224 e. The van der Waals surface area contributed by atoms with Crippen molar-refractivity contribution >= 4 is 22.9 Å². The SMILES string of the molecule is Clc1csc(-c2ccnnc2)n1. The monoisotopic (exact) mass is 197 g/mol. The molecule has 2 rings (SSSR count).